The largest absolute Gasteiger partial charge is 0.493 e. The third-order valence-corrected chi connectivity index (χ3v) is 6.00. The molecule has 1 heterocycles. The molecule has 0 saturated carbocycles. The molecule has 4 rings (SSSR count). The number of amides is 1. The maximum atomic E-state index is 13.1. The molecule has 0 unspecified atom stereocenters. The van der Waals surface area contributed by atoms with E-state index in [2.05, 4.69) is 10.3 Å². The van der Waals surface area contributed by atoms with Gasteiger partial charge >= 0.3 is 0 Å². The normalized spacial score (nSPS) is 15.7. The standard InChI is InChI=1S/C24H17Cl2FN2O3S/c1-31-20-11-15(10-19(26)22(20)32-13-14-2-4-16(25)5-3-14)12-21-23(30)29-24(33-21)28-18-8-6-17(27)7-9-18/h2-12H,13H2,1H3,(H,28,29,30)/b21-12+. The third kappa shape index (κ3) is 5.87. The Hall–Kier alpha value is -3.00. The van der Waals surface area contributed by atoms with E-state index in [1.54, 1.807) is 30.3 Å². The maximum Gasteiger partial charge on any atom is 0.264 e. The Labute approximate surface area is 204 Å². The molecule has 0 aliphatic carbocycles. The number of benzene rings is 3. The van der Waals surface area contributed by atoms with Gasteiger partial charge in [0.25, 0.3) is 5.91 Å². The SMILES string of the molecule is COc1cc(/C=C2/SC(=Nc3ccc(F)cc3)NC2=O)cc(Cl)c1OCc1ccc(Cl)cc1. The minimum absolute atomic E-state index is 0.287. The number of rotatable bonds is 6. The molecule has 0 bridgehead atoms. The summed E-state index contributed by atoms with van der Waals surface area (Å²) in [6.07, 6.45) is 1.69. The fourth-order valence-corrected chi connectivity index (χ4v) is 4.21. The van der Waals surface area contributed by atoms with E-state index in [0.717, 1.165) is 5.56 Å². The zero-order valence-electron chi connectivity index (χ0n) is 17.3. The van der Waals surface area contributed by atoms with Crippen LogP contribution in [-0.2, 0) is 11.4 Å². The van der Waals surface area contributed by atoms with Crippen LogP contribution in [0.15, 0.2) is 70.6 Å². The van der Waals surface area contributed by atoms with E-state index in [1.165, 1.54) is 43.1 Å². The van der Waals surface area contributed by atoms with Gasteiger partial charge in [0.1, 0.15) is 12.4 Å². The van der Waals surface area contributed by atoms with Crippen LogP contribution in [0.25, 0.3) is 6.08 Å². The number of amidine groups is 1. The smallest absolute Gasteiger partial charge is 0.264 e. The first-order chi connectivity index (χ1) is 15.9. The molecule has 5 nitrogen and oxygen atoms in total. The van der Waals surface area contributed by atoms with Gasteiger partial charge in [0.15, 0.2) is 16.7 Å². The van der Waals surface area contributed by atoms with Gasteiger partial charge in [-0.2, -0.15) is 0 Å². The summed E-state index contributed by atoms with van der Waals surface area (Å²) in [4.78, 5) is 17.1. The second kappa shape index (κ2) is 10.3. The Morgan fingerprint density at radius 2 is 1.82 bits per heavy atom. The number of carbonyl (C=O) groups is 1. The van der Waals surface area contributed by atoms with Gasteiger partial charge in [-0.1, -0.05) is 35.3 Å². The minimum Gasteiger partial charge on any atom is -0.493 e. The molecule has 0 radical (unpaired) electrons. The lowest BCUT2D eigenvalue weighted by Crippen LogP contribution is -2.19. The summed E-state index contributed by atoms with van der Waals surface area (Å²) in [5.41, 5.74) is 2.12. The molecular formula is C24H17Cl2FN2O3S. The topological polar surface area (TPSA) is 59.9 Å². The second-order valence-electron chi connectivity index (χ2n) is 6.91. The van der Waals surface area contributed by atoms with Gasteiger partial charge in [0.2, 0.25) is 0 Å². The number of aliphatic imine (C=N–C) groups is 1. The van der Waals surface area contributed by atoms with E-state index in [-0.39, 0.29) is 18.3 Å². The molecule has 1 saturated heterocycles. The van der Waals surface area contributed by atoms with Gasteiger partial charge in [-0.05, 0) is 77.5 Å². The third-order valence-electron chi connectivity index (χ3n) is 4.55. The molecule has 1 N–H and O–H groups in total. The average Bonchev–Trinajstić information content (AvgIpc) is 3.13. The molecule has 1 aliphatic rings. The summed E-state index contributed by atoms with van der Waals surface area (Å²) in [6.45, 7) is 0.287. The summed E-state index contributed by atoms with van der Waals surface area (Å²) in [6, 6.07) is 16.4. The average molecular weight is 503 g/mol. The van der Waals surface area contributed by atoms with Gasteiger partial charge in [0, 0.05) is 5.02 Å². The van der Waals surface area contributed by atoms with Crippen molar-refractivity contribution in [3.63, 3.8) is 0 Å². The van der Waals surface area contributed by atoms with Crippen molar-refractivity contribution in [1.82, 2.24) is 5.32 Å². The highest BCUT2D eigenvalue weighted by molar-refractivity contribution is 8.18. The number of methoxy groups -OCH3 is 1. The van der Waals surface area contributed by atoms with Crippen LogP contribution in [0.5, 0.6) is 11.5 Å². The summed E-state index contributed by atoms with van der Waals surface area (Å²) in [5, 5.41) is 4.09. The highest BCUT2D eigenvalue weighted by atomic mass is 35.5. The van der Waals surface area contributed by atoms with E-state index in [0.29, 0.717) is 42.9 Å². The number of halogens is 3. The first-order valence-electron chi connectivity index (χ1n) is 9.71. The van der Waals surface area contributed by atoms with Gasteiger partial charge < -0.3 is 14.8 Å². The Balaban J connectivity index is 1.52. The van der Waals surface area contributed by atoms with Crippen molar-refractivity contribution < 1.29 is 18.7 Å². The number of nitrogens with one attached hydrogen (secondary N) is 1. The van der Waals surface area contributed by atoms with Crippen molar-refractivity contribution in [2.24, 2.45) is 4.99 Å². The van der Waals surface area contributed by atoms with E-state index in [9.17, 15) is 9.18 Å². The highest BCUT2D eigenvalue weighted by Gasteiger charge is 2.24. The lowest BCUT2D eigenvalue weighted by Gasteiger charge is -2.13. The van der Waals surface area contributed by atoms with Crippen LogP contribution in [0.2, 0.25) is 10.0 Å². The molecule has 9 heteroatoms. The number of carbonyl (C=O) groups excluding carboxylic acids is 1. The molecule has 0 atom stereocenters. The lowest BCUT2D eigenvalue weighted by atomic mass is 10.1. The molecule has 1 aliphatic heterocycles. The summed E-state index contributed by atoms with van der Waals surface area (Å²) < 4.78 is 24.4. The van der Waals surface area contributed by atoms with Crippen LogP contribution in [0.3, 0.4) is 0 Å². The van der Waals surface area contributed by atoms with Crippen molar-refractivity contribution in [2.75, 3.05) is 7.11 Å². The Morgan fingerprint density at radius 3 is 2.52 bits per heavy atom. The van der Waals surface area contributed by atoms with Crippen LogP contribution >= 0.6 is 35.0 Å². The zero-order valence-corrected chi connectivity index (χ0v) is 19.6. The summed E-state index contributed by atoms with van der Waals surface area (Å²) in [7, 11) is 1.52. The Morgan fingerprint density at radius 1 is 1.09 bits per heavy atom. The van der Waals surface area contributed by atoms with E-state index >= 15 is 0 Å². The monoisotopic (exact) mass is 502 g/mol. The first kappa shape index (κ1) is 23.2. The lowest BCUT2D eigenvalue weighted by molar-refractivity contribution is -0.115. The van der Waals surface area contributed by atoms with Crippen molar-refractivity contribution in [1.29, 1.82) is 0 Å². The van der Waals surface area contributed by atoms with Gasteiger partial charge in [-0.15, -0.1) is 0 Å². The maximum absolute atomic E-state index is 13.1. The number of ether oxygens (including phenoxy) is 2. The van der Waals surface area contributed by atoms with Gasteiger partial charge in [-0.3, -0.25) is 4.79 Å². The predicted molar refractivity (Wildman–Crippen MR) is 131 cm³/mol. The summed E-state index contributed by atoms with van der Waals surface area (Å²) in [5.74, 6) is 0.193. The zero-order chi connectivity index (χ0) is 23.4. The molecule has 0 aromatic heterocycles. The Bertz CT molecular complexity index is 1250. The fourth-order valence-electron chi connectivity index (χ4n) is 2.96. The van der Waals surface area contributed by atoms with Crippen LogP contribution < -0.4 is 14.8 Å². The molecule has 33 heavy (non-hydrogen) atoms. The molecule has 1 fully saturated rings. The Kier molecular flexibility index (Phi) is 7.23. The highest BCUT2D eigenvalue weighted by Crippen LogP contribution is 2.38. The van der Waals surface area contributed by atoms with Crippen molar-refractivity contribution in [3.8, 4) is 11.5 Å². The van der Waals surface area contributed by atoms with E-state index < -0.39 is 0 Å². The predicted octanol–water partition coefficient (Wildman–Crippen LogP) is 6.61. The van der Waals surface area contributed by atoms with Crippen molar-refractivity contribution in [2.45, 2.75) is 6.61 Å². The van der Waals surface area contributed by atoms with Crippen LogP contribution in [0.1, 0.15) is 11.1 Å². The quantitative estimate of drug-likeness (QED) is 0.385. The molecule has 3 aromatic carbocycles. The van der Waals surface area contributed by atoms with Gasteiger partial charge in [0.05, 0.1) is 22.7 Å². The second-order valence-corrected chi connectivity index (χ2v) is 8.78. The minimum atomic E-state index is -0.353. The molecular weight excluding hydrogens is 486 g/mol. The fraction of sp³-hybridized carbons (Fsp3) is 0.0833. The van der Waals surface area contributed by atoms with Crippen LogP contribution in [0, 0.1) is 5.82 Å². The molecule has 3 aromatic rings. The van der Waals surface area contributed by atoms with Crippen LogP contribution in [0.4, 0.5) is 10.1 Å². The molecule has 0 spiro atoms. The number of hydrogen-bond donors (Lipinski definition) is 1. The number of hydrogen-bond acceptors (Lipinski definition) is 5. The first-order valence-corrected chi connectivity index (χ1v) is 11.3. The number of nitrogens with zero attached hydrogens (tertiary/aromatic N) is 1. The van der Waals surface area contributed by atoms with E-state index in [4.69, 9.17) is 32.7 Å². The number of thioether (sulfide) groups is 1. The van der Waals surface area contributed by atoms with Crippen molar-refractivity contribution in [3.05, 3.63) is 92.6 Å². The van der Waals surface area contributed by atoms with Crippen LogP contribution in [-0.4, -0.2) is 18.2 Å². The van der Waals surface area contributed by atoms with Crippen molar-refractivity contribution >= 4 is 57.8 Å². The summed E-state index contributed by atoms with van der Waals surface area (Å²) >= 11 is 13.5. The molecule has 168 valence electrons. The van der Waals surface area contributed by atoms with E-state index in [1.807, 2.05) is 12.1 Å². The molecule has 1 amide bonds. The van der Waals surface area contributed by atoms with Gasteiger partial charge in [-0.25, -0.2) is 9.38 Å².